The van der Waals surface area contributed by atoms with Gasteiger partial charge in [0.2, 0.25) is 0 Å². The lowest BCUT2D eigenvalue weighted by atomic mass is 10.0. The van der Waals surface area contributed by atoms with Crippen LogP contribution in [0.5, 0.6) is 0 Å². The Morgan fingerprint density at radius 1 is 0.857 bits per heavy atom. The fourth-order valence-corrected chi connectivity index (χ4v) is 2.17. The van der Waals surface area contributed by atoms with Gasteiger partial charge in [-0.2, -0.15) is 0 Å². The first-order valence-corrected chi connectivity index (χ1v) is 6.85. The zero-order valence-electron chi connectivity index (χ0n) is 12.0. The molecular weight excluding hydrogens is 264 g/mol. The van der Waals surface area contributed by atoms with Gasteiger partial charge in [0.1, 0.15) is 12.4 Å². The Bertz CT molecular complexity index is 600. The summed E-state index contributed by atoms with van der Waals surface area (Å²) >= 11 is 0. The molecular formula is C18H18O3. The highest BCUT2D eigenvalue weighted by Crippen LogP contribution is 2.19. The van der Waals surface area contributed by atoms with Gasteiger partial charge in [0.15, 0.2) is 5.78 Å². The normalized spacial score (nSPS) is 10.3. The molecule has 0 saturated carbocycles. The van der Waals surface area contributed by atoms with Gasteiger partial charge in [-0.3, -0.25) is 9.59 Å². The predicted molar refractivity (Wildman–Crippen MR) is 82.1 cm³/mol. The first kappa shape index (κ1) is 15.1. The number of ether oxygens (including phenoxy) is 1. The van der Waals surface area contributed by atoms with Crippen molar-refractivity contribution in [2.75, 3.05) is 13.7 Å². The Morgan fingerprint density at radius 3 is 2.10 bits per heavy atom. The SMILES string of the molecule is COCC(=O)CC(=O)Cc1ccc(-c2ccccc2)cc1. The number of Topliss-reactive ketones (excluding diaryl/α,β-unsaturated/α-hetero) is 2. The Kier molecular flexibility index (Phi) is 5.41. The van der Waals surface area contributed by atoms with Gasteiger partial charge in [-0.15, -0.1) is 0 Å². The quantitative estimate of drug-likeness (QED) is 0.733. The van der Waals surface area contributed by atoms with Gasteiger partial charge in [-0.1, -0.05) is 54.6 Å². The second-order valence-corrected chi connectivity index (χ2v) is 4.93. The minimum absolute atomic E-state index is 0.00130. The molecule has 0 aliphatic heterocycles. The van der Waals surface area contributed by atoms with Crippen LogP contribution < -0.4 is 0 Å². The van der Waals surface area contributed by atoms with Crippen LogP contribution >= 0.6 is 0 Å². The van der Waals surface area contributed by atoms with Crippen molar-refractivity contribution >= 4 is 11.6 Å². The van der Waals surface area contributed by atoms with E-state index in [9.17, 15) is 9.59 Å². The summed E-state index contributed by atoms with van der Waals surface area (Å²) in [4.78, 5) is 23.1. The summed E-state index contributed by atoms with van der Waals surface area (Å²) in [6.45, 7) is -0.00130. The van der Waals surface area contributed by atoms with E-state index in [-0.39, 0.29) is 31.0 Å². The molecule has 0 radical (unpaired) electrons. The van der Waals surface area contributed by atoms with Gasteiger partial charge in [-0.25, -0.2) is 0 Å². The van der Waals surface area contributed by atoms with E-state index >= 15 is 0 Å². The zero-order chi connectivity index (χ0) is 15.1. The maximum absolute atomic E-state index is 11.8. The van der Waals surface area contributed by atoms with Crippen molar-refractivity contribution in [2.45, 2.75) is 12.8 Å². The van der Waals surface area contributed by atoms with Crippen molar-refractivity contribution in [3.63, 3.8) is 0 Å². The molecule has 0 atom stereocenters. The van der Waals surface area contributed by atoms with E-state index in [1.165, 1.54) is 7.11 Å². The van der Waals surface area contributed by atoms with Crippen LogP contribution in [0.25, 0.3) is 11.1 Å². The van der Waals surface area contributed by atoms with Crippen LogP contribution in [0.2, 0.25) is 0 Å². The molecule has 2 aromatic carbocycles. The smallest absolute Gasteiger partial charge is 0.165 e. The summed E-state index contributed by atoms with van der Waals surface area (Å²) in [6.07, 6.45) is 0.221. The molecule has 3 nitrogen and oxygen atoms in total. The molecule has 21 heavy (non-hydrogen) atoms. The van der Waals surface area contributed by atoms with Gasteiger partial charge in [0.25, 0.3) is 0 Å². The number of benzene rings is 2. The average molecular weight is 282 g/mol. The molecule has 0 aliphatic carbocycles. The van der Waals surface area contributed by atoms with E-state index in [0.717, 1.165) is 16.7 Å². The Labute approximate surface area is 124 Å². The number of hydrogen-bond donors (Lipinski definition) is 0. The molecule has 0 N–H and O–H groups in total. The van der Waals surface area contributed by atoms with Gasteiger partial charge < -0.3 is 4.74 Å². The molecule has 0 aromatic heterocycles. The van der Waals surface area contributed by atoms with E-state index < -0.39 is 0 Å². The van der Waals surface area contributed by atoms with E-state index in [2.05, 4.69) is 0 Å². The summed E-state index contributed by atoms with van der Waals surface area (Å²) in [5.74, 6) is -0.257. The van der Waals surface area contributed by atoms with Crippen molar-refractivity contribution in [1.82, 2.24) is 0 Å². The highest BCUT2D eigenvalue weighted by atomic mass is 16.5. The Morgan fingerprint density at radius 2 is 1.48 bits per heavy atom. The summed E-state index contributed by atoms with van der Waals surface area (Å²) < 4.78 is 4.72. The van der Waals surface area contributed by atoms with Crippen molar-refractivity contribution in [3.05, 3.63) is 60.2 Å². The molecule has 0 heterocycles. The van der Waals surface area contributed by atoms with Crippen LogP contribution in [0, 0.1) is 0 Å². The Balaban J connectivity index is 1.97. The van der Waals surface area contributed by atoms with Gasteiger partial charge in [0, 0.05) is 13.5 Å². The molecule has 0 fully saturated rings. The Hall–Kier alpha value is -2.26. The van der Waals surface area contributed by atoms with Crippen molar-refractivity contribution < 1.29 is 14.3 Å². The largest absolute Gasteiger partial charge is 0.377 e. The topological polar surface area (TPSA) is 43.4 Å². The van der Waals surface area contributed by atoms with Crippen LogP contribution in [0.4, 0.5) is 0 Å². The van der Waals surface area contributed by atoms with Crippen LogP contribution in [0.1, 0.15) is 12.0 Å². The van der Waals surface area contributed by atoms with Crippen LogP contribution in [0.15, 0.2) is 54.6 Å². The molecule has 0 unspecified atom stereocenters. The molecule has 2 aromatic rings. The molecule has 0 aliphatic rings. The number of methoxy groups -OCH3 is 1. The minimum atomic E-state index is -0.177. The molecule has 0 saturated heterocycles. The van der Waals surface area contributed by atoms with Gasteiger partial charge in [0.05, 0.1) is 6.42 Å². The summed E-state index contributed by atoms with van der Waals surface area (Å²) in [5, 5.41) is 0. The number of carbonyl (C=O) groups excluding carboxylic acids is 2. The third kappa shape index (κ3) is 4.65. The first-order valence-electron chi connectivity index (χ1n) is 6.85. The third-order valence-electron chi connectivity index (χ3n) is 3.16. The lowest BCUT2D eigenvalue weighted by Crippen LogP contribution is -2.14. The summed E-state index contributed by atoms with van der Waals surface area (Å²) in [6, 6.07) is 17.9. The van der Waals surface area contributed by atoms with Crippen molar-refractivity contribution in [2.24, 2.45) is 0 Å². The second-order valence-electron chi connectivity index (χ2n) is 4.93. The third-order valence-corrected chi connectivity index (χ3v) is 3.16. The van der Waals surface area contributed by atoms with E-state index in [1.807, 2.05) is 54.6 Å². The van der Waals surface area contributed by atoms with Crippen molar-refractivity contribution in [3.8, 4) is 11.1 Å². The van der Waals surface area contributed by atoms with E-state index in [4.69, 9.17) is 4.74 Å². The van der Waals surface area contributed by atoms with Crippen molar-refractivity contribution in [1.29, 1.82) is 0 Å². The molecule has 0 bridgehead atoms. The minimum Gasteiger partial charge on any atom is -0.377 e. The monoisotopic (exact) mass is 282 g/mol. The summed E-state index contributed by atoms with van der Waals surface area (Å²) in [5.41, 5.74) is 3.18. The van der Waals surface area contributed by atoms with E-state index in [1.54, 1.807) is 0 Å². The fraction of sp³-hybridized carbons (Fsp3) is 0.222. The zero-order valence-corrected chi connectivity index (χ0v) is 12.0. The fourth-order valence-electron chi connectivity index (χ4n) is 2.17. The van der Waals surface area contributed by atoms with Crippen LogP contribution in [-0.4, -0.2) is 25.3 Å². The first-order chi connectivity index (χ1) is 10.2. The predicted octanol–water partition coefficient (Wildman–Crippen LogP) is 3.07. The number of ketones is 2. The van der Waals surface area contributed by atoms with Crippen LogP contribution in [0.3, 0.4) is 0 Å². The highest BCUT2D eigenvalue weighted by Gasteiger charge is 2.10. The maximum atomic E-state index is 11.8. The molecule has 0 spiro atoms. The molecule has 0 amide bonds. The maximum Gasteiger partial charge on any atom is 0.165 e. The second kappa shape index (κ2) is 7.50. The standard InChI is InChI=1S/C18H18O3/c1-21-13-18(20)12-17(19)11-14-7-9-16(10-8-14)15-5-3-2-4-6-15/h2-10H,11-13H2,1H3. The lowest BCUT2D eigenvalue weighted by molar-refractivity contribution is -0.128. The van der Waals surface area contributed by atoms with E-state index in [0.29, 0.717) is 0 Å². The molecule has 3 heteroatoms. The number of hydrogen-bond acceptors (Lipinski definition) is 3. The van der Waals surface area contributed by atoms with Gasteiger partial charge >= 0.3 is 0 Å². The molecule has 2 rings (SSSR count). The average Bonchev–Trinajstić information content (AvgIpc) is 2.49. The number of rotatable bonds is 7. The summed E-state index contributed by atoms with van der Waals surface area (Å²) in [7, 11) is 1.45. The van der Waals surface area contributed by atoms with Crippen LogP contribution in [-0.2, 0) is 20.7 Å². The molecule has 108 valence electrons. The highest BCUT2D eigenvalue weighted by molar-refractivity contribution is 6.00. The number of carbonyl (C=O) groups is 2. The lowest BCUT2D eigenvalue weighted by Gasteiger charge is -2.04. The van der Waals surface area contributed by atoms with Gasteiger partial charge in [-0.05, 0) is 16.7 Å².